The standard InChI is InChI=1S/C21H22N2O6S/c1-15(24)22-16-6-9-19(10-7-16)30(25,26)23(14-18-5-4-12-29-18)17-8-11-20(27-2)21(13-17)28-3/h4-13H,14H2,1-3H3,(H,22,24). The molecule has 9 heteroatoms. The first-order chi connectivity index (χ1) is 14.3. The molecule has 158 valence electrons. The molecule has 3 rings (SSSR count). The molecule has 3 aromatic rings. The molecule has 30 heavy (non-hydrogen) atoms. The molecule has 0 saturated carbocycles. The summed E-state index contributed by atoms with van der Waals surface area (Å²) in [7, 11) is -0.970. The SMILES string of the molecule is COc1ccc(N(Cc2ccco2)S(=O)(=O)c2ccc(NC(C)=O)cc2)cc1OC. The number of furan rings is 1. The van der Waals surface area contributed by atoms with Gasteiger partial charge in [0.2, 0.25) is 5.91 Å². The quantitative estimate of drug-likeness (QED) is 0.586. The molecule has 0 bridgehead atoms. The molecule has 0 atom stereocenters. The summed E-state index contributed by atoms with van der Waals surface area (Å²) in [6.45, 7) is 1.37. The maximum atomic E-state index is 13.5. The summed E-state index contributed by atoms with van der Waals surface area (Å²) < 4.78 is 44.1. The molecule has 1 N–H and O–H groups in total. The predicted octanol–water partition coefficient (Wildman–Crippen LogP) is 3.65. The Balaban J connectivity index is 2.04. The summed E-state index contributed by atoms with van der Waals surface area (Å²) in [4.78, 5) is 11.3. The summed E-state index contributed by atoms with van der Waals surface area (Å²) >= 11 is 0. The number of sulfonamides is 1. The van der Waals surface area contributed by atoms with Gasteiger partial charge in [0.1, 0.15) is 5.76 Å². The molecule has 0 saturated heterocycles. The van der Waals surface area contributed by atoms with Crippen LogP contribution in [0.3, 0.4) is 0 Å². The minimum absolute atomic E-state index is 0.0156. The highest BCUT2D eigenvalue weighted by atomic mass is 32.2. The normalized spacial score (nSPS) is 11.0. The Bertz CT molecular complexity index is 1110. The van der Waals surface area contributed by atoms with Crippen molar-refractivity contribution in [3.63, 3.8) is 0 Å². The first-order valence-corrected chi connectivity index (χ1v) is 10.4. The van der Waals surface area contributed by atoms with Gasteiger partial charge in [-0.15, -0.1) is 0 Å². The fourth-order valence-electron chi connectivity index (χ4n) is 2.88. The molecule has 0 spiro atoms. The van der Waals surface area contributed by atoms with Gasteiger partial charge in [0.25, 0.3) is 10.0 Å². The van der Waals surface area contributed by atoms with Crippen LogP contribution in [0.1, 0.15) is 12.7 Å². The van der Waals surface area contributed by atoms with Crippen molar-refractivity contribution >= 4 is 27.3 Å². The van der Waals surface area contributed by atoms with Gasteiger partial charge >= 0.3 is 0 Å². The van der Waals surface area contributed by atoms with Gasteiger partial charge in [0.15, 0.2) is 11.5 Å². The van der Waals surface area contributed by atoms with Gasteiger partial charge in [-0.1, -0.05) is 0 Å². The maximum Gasteiger partial charge on any atom is 0.264 e. The van der Waals surface area contributed by atoms with E-state index in [0.29, 0.717) is 28.6 Å². The lowest BCUT2D eigenvalue weighted by Gasteiger charge is -2.24. The van der Waals surface area contributed by atoms with Gasteiger partial charge in [0, 0.05) is 18.7 Å². The van der Waals surface area contributed by atoms with Gasteiger partial charge in [-0.05, 0) is 48.5 Å². The van der Waals surface area contributed by atoms with Crippen LogP contribution in [-0.2, 0) is 21.4 Å². The van der Waals surface area contributed by atoms with Crippen molar-refractivity contribution in [3.05, 3.63) is 66.6 Å². The molecule has 0 aliphatic heterocycles. The highest BCUT2D eigenvalue weighted by Gasteiger charge is 2.27. The largest absolute Gasteiger partial charge is 0.493 e. The number of benzene rings is 2. The van der Waals surface area contributed by atoms with Crippen LogP contribution in [0.4, 0.5) is 11.4 Å². The second kappa shape index (κ2) is 8.91. The van der Waals surface area contributed by atoms with Crippen LogP contribution in [0.5, 0.6) is 11.5 Å². The van der Waals surface area contributed by atoms with Crippen molar-refractivity contribution in [2.75, 3.05) is 23.8 Å². The predicted molar refractivity (Wildman–Crippen MR) is 112 cm³/mol. The van der Waals surface area contributed by atoms with E-state index < -0.39 is 10.0 Å². The molecule has 0 radical (unpaired) electrons. The highest BCUT2D eigenvalue weighted by molar-refractivity contribution is 7.92. The second-order valence-corrected chi connectivity index (χ2v) is 8.20. The van der Waals surface area contributed by atoms with Gasteiger partial charge < -0.3 is 19.2 Å². The van der Waals surface area contributed by atoms with E-state index in [1.165, 1.54) is 56.0 Å². The minimum atomic E-state index is -3.96. The lowest BCUT2D eigenvalue weighted by Crippen LogP contribution is -2.30. The number of carbonyl (C=O) groups excluding carboxylic acids is 1. The monoisotopic (exact) mass is 430 g/mol. The molecular weight excluding hydrogens is 408 g/mol. The highest BCUT2D eigenvalue weighted by Crippen LogP contribution is 2.34. The minimum Gasteiger partial charge on any atom is -0.493 e. The lowest BCUT2D eigenvalue weighted by atomic mass is 10.2. The van der Waals surface area contributed by atoms with Crippen molar-refractivity contribution < 1.29 is 27.1 Å². The van der Waals surface area contributed by atoms with E-state index >= 15 is 0 Å². The number of anilines is 2. The zero-order valence-electron chi connectivity index (χ0n) is 16.8. The number of nitrogens with zero attached hydrogens (tertiary/aromatic N) is 1. The van der Waals surface area contributed by atoms with Crippen LogP contribution in [0.25, 0.3) is 0 Å². The van der Waals surface area contributed by atoms with E-state index in [1.54, 1.807) is 30.3 Å². The zero-order valence-corrected chi connectivity index (χ0v) is 17.6. The van der Waals surface area contributed by atoms with Crippen LogP contribution >= 0.6 is 0 Å². The first kappa shape index (κ1) is 21.3. The Labute approximate surface area is 175 Å². The van der Waals surface area contributed by atoms with E-state index in [2.05, 4.69) is 5.32 Å². The third kappa shape index (κ3) is 4.57. The smallest absolute Gasteiger partial charge is 0.264 e. The van der Waals surface area contributed by atoms with E-state index in [0.717, 1.165) is 0 Å². The van der Waals surface area contributed by atoms with Crippen LogP contribution < -0.4 is 19.1 Å². The number of rotatable bonds is 8. The van der Waals surface area contributed by atoms with E-state index in [1.807, 2.05) is 0 Å². The number of methoxy groups -OCH3 is 2. The molecule has 2 aromatic carbocycles. The third-order valence-electron chi connectivity index (χ3n) is 4.30. The molecule has 1 amide bonds. The summed E-state index contributed by atoms with van der Waals surface area (Å²) in [5, 5.41) is 2.62. The number of nitrogens with one attached hydrogen (secondary N) is 1. The average Bonchev–Trinajstić information content (AvgIpc) is 3.24. The Morgan fingerprint density at radius 1 is 1.03 bits per heavy atom. The van der Waals surface area contributed by atoms with Gasteiger partial charge in [-0.3, -0.25) is 9.10 Å². The molecule has 1 heterocycles. The fourth-order valence-corrected chi connectivity index (χ4v) is 4.30. The van der Waals surface area contributed by atoms with E-state index in [9.17, 15) is 13.2 Å². The summed E-state index contributed by atoms with van der Waals surface area (Å²) in [6.07, 6.45) is 1.48. The van der Waals surface area contributed by atoms with E-state index in [4.69, 9.17) is 13.9 Å². The molecule has 8 nitrogen and oxygen atoms in total. The van der Waals surface area contributed by atoms with Crippen molar-refractivity contribution in [1.29, 1.82) is 0 Å². The van der Waals surface area contributed by atoms with E-state index in [-0.39, 0.29) is 17.3 Å². The summed E-state index contributed by atoms with van der Waals surface area (Å²) in [6, 6.07) is 14.2. The number of amides is 1. The van der Waals surface area contributed by atoms with Gasteiger partial charge in [-0.2, -0.15) is 0 Å². The second-order valence-electron chi connectivity index (χ2n) is 6.34. The van der Waals surface area contributed by atoms with Crippen LogP contribution in [0, 0.1) is 0 Å². The van der Waals surface area contributed by atoms with Crippen LogP contribution in [-0.4, -0.2) is 28.5 Å². The number of hydrogen-bond donors (Lipinski definition) is 1. The maximum absolute atomic E-state index is 13.5. The van der Waals surface area contributed by atoms with Crippen molar-refractivity contribution in [2.45, 2.75) is 18.4 Å². The Kier molecular flexibility index (Phi) is 6.31. The molecular formula is C21H22N2O6S. The Morgan fingerprint density at radius 2 is 1.73 bits per heavy atom. The number of hydrogen-bond acceptors (Lipinski definition) is 6. The number of ether oxygens (including phenoxy) is 2. The van der Waals surface area contributed by atoms with Crippen LogP contribution in [0.2, 0.25) is 0 Å². The lowest BCUT2D eigenvalue weighted by molar-refractivity contribution is -0.114. The summed E-state index contributed by atoms with van der Waals surface area (Å²) in [5.74, 6) is 1.12. The molecule has 1 aromatic heterocycles. The zero-order chi connectivity index (χ0) is 21.7. The average molecular weight is 430 g/mol. The third-order valence-corrected chi connectivity index (χ3v) is 6.09. The van der Waals surface area contributed by atoms with Crippen molar-refractivity contribution in [2.24, 2.45) is 0 Å². The fraction of sp³-hybridized carbons (Fsp3) is 0.190. The Hall–Kier alpha value is -3.46. The van der Waals surface area contributed by atoms with Gasteiger partial charge in [0.05, 0.1) is 37.6 Å². The molecule has 0 aliphatic rings. The molecule has 0 fully saturated rings. The first-order valence-electron chi connectivity index (χ1n) is 9.00. The van der Waals surface area contributed by atoms with Crippen molar-refractivity contribution in [3.8, 4) is 11.5 Å². The Morgan fingerprint density at radius 3 is 2.30 bits per heavy atom. The summed E-state index contributed by atoms with van der Waals surface area (Å²) in [5.41, 5.74) is 0.889. The van der Waals surface area contributed by atoms with Crippen molar-refractivity contribution in [1.82, 2.24) is 0 Å². The molecule has 0 unspecified atom stereocenters. The number of carbonyl (C=O) groups is 1. The molecule has 0 aliphatic carbocycles. The van der Waals surface area contributed by atoms with Gasteiger partial charge in [-0.25, -0.2) is 8.42 Å². The topological polar surface area (TPSA) is 98.1 Å². The van der Waals surface area contributed by atoms with Crippen LogP contribution in [0.15, 0.2) is 70.2 Å².